The van der Waals surface area contributed by atoms with Gasteiger partial charge in [0.05, 0.1) is 12.7 Å². The maximum absolute atomic E-state index is 12.1. The molecule has 1 fully saturated rings. The predicted molar refractivity (Wildman–Crippen MR) is 89.4 cm³/mol. The van der Waals surface area contributed by atoms with Crippen molar-refractivity contribution in [2.24, 2.45) is 5.92 Å². The molecule has 3 rings (SSSR count). The zero-order valence-electron chi connectivity index (χ0n) is 13.9. The molecule has 24 heavy (non-hydrogen) atoms. The van der Waals surface area contributed by atoms with Gasteiger partial charge < -0.3 is 14.6 Å². The highest BCUT2D eigenvalue weighted by Gasteiger charge is 2.21. The second-order valence-electron chi connectivity index (χ2n) is 6.24. The van der Waals surface area contributed by atoms with E-state index >= 15 is 0 Å². The summed E-state index contributed by atoms with van der Waals surface area (Å²) in [6, 6.07) is 5.28. The minimum Gasteiger partial charge on any atom is -0.376 e. The molecular formula is C18H23N3O3. The third-order valence-corrected chi connectivity index (χ3v) is 4.44. The molecule has 0 aliphatic heterocycles. The molecule has 1 aliphatic carbocycles. The van der Waals surface area contributed by atoms with Crippen molar-refractivity contribution in [2.45, 2.75) is 38.7 Å². The molecule has 0 bridgehead atoms. The topological polar surface area (TPSA) is 77.2 Å². The fourth-order valence-corrected chi connectivity index (χ4v) is 3.02. The lowest BCUT2D eigenvalue weighted by molar-refractivity contribution is -0.00296. The number of hydrogen-bond donors (Lipinski definition) is 1. The van der Waals surface area contributed by atoms with E-state index in [-0.39, 0.29) is 11.6 Å². The van der Waals surface area contributed by atoms with Crippen molar-refractivity contribution in [1.29, 1.82) is 0 Å². The van der Waals surface area contributed by atoms with E-state index in [0.717, 1.165) is 12.0 Å². The molecule has 0 radical (unpaired) electrons. The van der Waals surface area contributed by atoms with Gasteiger partial charge in [-0.15, -0.1) is 0 Å². The Balaban J connectivity index is 1.45. The number of carbonyl (C=O) groups is 1. The lowest BCUT2D eigenvalue weighted by atomic mass is 9.88. The summed E-state index contributed by atoms with van der Waals surface area (Å²) >= 11 is 0. The molecule has 1 amide bonds. The minimum absolute atomic E-state index is 0.255. The van der Waals surface area contributed by atoms with Crippen LogP contribution in [0.5, 0.6) is 0 Å². The van der Waals surface area contributed by atoms with Gasteiger partial charge in [-0.2, -0.15) is 0 Å². The van der Waals surface area contributed by atoms with E-state index in [1.54, 1.807) is 24.5 Å². The number of carbonyl (C=O) groups excluding carboxylic acids is 1. The van der Waals surface area contributed by atoms with Gasteiger partial charge in [0, 0.05) is 30.6 Å². The van der Waals surface area contributed by atoms with Gasteiger partial charge in [0.1, 0.15) is 0 Å². The molecule has 2 heterocycles. The van der Waals surface area contributed by atoms with Crippen LogP contribution >= 0.6 is 0 Å². The van der Waals surface area contributed by atoms with Crippen molar-refractivity contribution in [3.05, 3.63) is 36.3 Å². The van der Waals surface area contributed by atoms with Crippen LogP contribution in [0.2, 0.25) is 0 Å². The summed E-state index contributed by atoms with van der Waals surface area (Å²) in [5.41, 5.74) is 1.05. The Morgan fingerprint density at radius 2 is 2.29 bits per heavy atom. The predicted octanol–water partition coefficient (Wildman–Crippen LogP) is 3.06. The first kappa shape index (κ1) is 16.6. The van der Waals surface area contributed by atoms with Gasteiger partial charge in [-0.25, -0.2) is 0 Å². The van der Waals surface area contributed by atoms with E-state index < -0.39 is 0 Å². The Morgan fingerprint density at radius 3 is 3.08 bits per heavy atom. The molecule has 6 nitrogen and oxygen atoms in total. The number of hydrogen-bond acceptors (Lipinski definition) is 5. The molecule has 0 aromatic carbocycles. The molecule has 1 saturated carbocycles. The Kier molecular flexibility index (Phi) is 5.59. The summed E-state index contributed by atoms with van der Waals surface area (Å²) in [7, 11) is 0. The van der Waals surface area contributed by atoms with Crippen molar-refractivity contribution < 1.29 is 14.1 Å². The fourth-order valence-electron chi connectivity index (χ4n) is 3.02. The van der Waals surface area contributed by atoms with Crippen molar-refractivity contribution in [3.63, 3.8) is 0 Å². The lowest BCUT2D eigenvalue weighted by Gasteiger charge is -2.28. The van der Waals surface area contributed by atoms with Crippen LogP contribution in [-0.4, -0.2) is 35.3 Å². The number of rotatable bonds is 6. The maximum Gasteiger partial charge on any atom is 0.273 e. The highest BCUT2D eigenvalue weighted by Crippen LogP contribution is 2.26. The first-order valence-corrected chi connectivity index (χ1v) is 8.51. The smallest absolute Gasteiger partial charge is 0.273 e. The Hall–Kier alpha value is -2.21. The standard InChI is InChI=1S/C18H23N3O3/c1-13-5-2-3-7-16(13)23-10-9-20-18(22)15-11-17(24-21-15)14-6-4-8-19-12-14/h4,6,8,11-13,16H,2-3,5,7,9-10H2,1H3,(H,20,22). The number of pyridine rings is 1. The average molecular weight is 329 g/mol. The van der Waals surface area contributed by atoms with Crippen LogP contribution in [0.25, 0.3) is 11.3 Å². The summed E-state index contributed by atoms with van der Waals surface area (Å²) < 4.78 is 11.1. The quantitative estimate of drug-likeness (QED) is 0.824. The molecule has 2 atom stereocenters. The summed E-state index contributed by atoms with van der Waals surface area (Å²) in [5, 5.41) is 6.63. The van der Waals surface area contributed by atoms with Gasteiger partial charge in [0.25, 0.3) is 5.91 Å². The zero-order valence-corrected chi connectivity index (χ0v) is 13.9. The van der Waals surface area contributed by atoms with Gasteiger partial charge in [-0.1, -0.05) is 24.9 Å². The second kappa shape index (κ2) is 8.06. The molecular weight excluding hydrogens is 306 g/mol. The highest BCUT2D eigenvalue weighted by molar-refractivity contribution is 5.93. The van der Waals surface area contributed by atoms with Gasteiger partial charge in [0.15, 0.2) is 11.5 Å². The van der Waals surface area contributed by atoms with Gasteiger partial charge in [-0.05, 0) is 30.9 Å². The van der Waals surface area contributed by atoms with Crippen molar-refractivity contribution in [1.82, 2.24) is 15.5 Å². The lowest BCUT2D eigenvalue weighted by Crippen LogP contribution is -2.31. The summed E-state index contributed by atoms with van der Waals surface area (Å²) in [6.07, 6.45) is 8.54. The van der Waals surface area contributed by atoms with E-state index in [4.69, 9.17) is 9.26 Å². The van der Waals surface area contributed by atoms with Crippen molar-refractivity contribution >= 4 is 5.91 Å². The van der Waals surface area contributed by atoms with E-state index in [9.17, 15) is 4.79 Å². The Bertz CT molecular complexity index is 657. The molecule has 128 valence electrons. The average Bonchev–Trinajstić information content (AvgIpc) is 3.11. The molecule has 2 unspecified atom stereocenters. The van der Waals surface area contributed by atoms with Crippen LogP contribution in [0.3, 0.4) is 0 Å². The fraction of sp³-hybridized carbons (Fsp3) is 0.500. The van der Waals surface area contributed by atoms with Crippen molar-refractivity contribution in [2.75, 3.05) is 13.2 Å². The van der Waals surface area contributed by atoms with Crippen LogP contribution in [0.1, 0.15) is 43.1 Å². The second-order valence-corrected chi connectivity index (χ2v) is 6.24. The first-order chi connectivity index (χ1) is 11.7. The van der Waals surface area contributed by atoms with Gasteiger partial charge >= 0.3 is 0 Å². The largest absolute Gasteiger partial charge is 0.376 e. The molecule has 2 aromatic rings. The van der Waals surface area contributed by atoms with E-state index in [1.165, 1.54) is 19.3 Å². The Labute approximate surface area is 141 Å². The normalized spacial score (nSPS) is 20.7. The summed E-state index contributed by atoms with van der Waals surface area (Å²) in [6.45, 7) is 3.23. The van der Waals surface area contributed by atoms with Gasteiger partial charge in [0.2, 0.25) is 0 Å². The summed E-state index contributed by atoms with van der Waals surface area (Å²) in [4.78, 5) is 16.1. The minimum atomic E-state index is -0.255. The highest BCUT2D eigenvalue weighted by atomic mass is 16.5. The van der Waals surface area contributed by atoms with Crippen LogP contribution in [0.15, 0.2) is 35.1 Å². The van der Waals surface area contributed by atoms with Crippen LogP contribution < -0.4 is 5.32 Å². The van der Waals surface area contributed by atoms with Gasteiger partial charge in [-0.3, -0.25) is 9.78 Å². The molecule has 6 heteroatoms. The molecule has 1 aliphatic rings. The van der Waals surface area contributed by atoms with Crippen LogP contribution in [0.4, 0.5) is 0 Å². The third kappa shape index (κ3) is 4.20. The van der Waals surface area contributed by atoms with Crippen LogP contribution in [-0.2, 0) is 4.74 Å². The van der Waals surface area contributed by atoms with E-state index in [1.807, 2.05) is 6.07 Å². The van der Waals surface area contributed by atoms with E-state index in [2.05, 4.69) is 22.4 Å². The van der Waals surface area contributed by atoms with Crippen LogP contribution in [0, 0.1) is 5.92 Å². The first-order valence-electron chi connectivity index (χ1n) is 8.51. The number of nitrogens with one attached hydrogen (secondary N) is 1. The molecule has 1 N–H and O–H groups in total. The Morgan fingerprint density at radius 1 is 1.42 bits per heavy atom. The third-order valence-electron chi connectivity index (χ3n) is 4.44. The van der Waals surface area contributed by atoms with Crippen molar-refractivity contribution in [3.8, 4) is 11.3 Å². The monoisotopic (exact) mass is 329 g/mol. The number of amides is 1. The molecule has 0 saturated heterocycles. The molecule has 2 aromatic heterocycles. The number of aromatic nitrogens is 2. The van der Waals surface area contributed by atoms with E-state index in [0.29, 0.717) is 30.9 Å². The summed E-state index contributed by atoms with van der Waals surface area (Å²) in [5.74, 6) is 0.877. The zero-order chi connectivity index (χ0) is 16.8. The number of ether oxygens (including phenoxy) is 1. The number of nitrogens with zero attached hydrogens (tertiary/aromatic N) is 2. The molecule has 0 spiro atoms. The maximum atomic E-state index is 12.1. The SMILES string of the molecule is CC1CCCCC1OCCNC(=O)c1cc(-c2cccnc2)on1.